The summed E-state index contributed by atoms with van der Waals surface area (Å²) in [7, 11) is -6.19. The van der Waals surface area contributed by atoms with Gasteiger partial charge in [0.2, 0.25) is 6.29 Å². The van der Waals surface area contributed by atoms with Gasteiger partial charge in [0.05, 0.1) is 12.2 Å². The zero-order valence-electron chi connectivity index (χ0n) is 18.1. The quantitative estimate of drug-likeness (QED) is 0.138. The maximum absolute atomic E-state index is 13.2. The molecule has 15 heteroatoms. The molecule has 36 heavy (non-hydrogen) atoms. The van der Waals surface area contributed by atoms with Crippen LogP contribution in [0.1, 0.15) is 22.2 Å². The lowest BCUT2D eigenvalue weighted by Crippen LogP contribution is -2.63. The van der Waals surface area contributed by atoms with E-state index in [2.05, 4.69) is 14.2 Å². The lowest BCUT2D eigenvalue weighted by molar-refractivity contribution is -0.331. The van der Waals surface area contributed by atoms with Gasteiger partial charge in [-0.3, -0.25) is 4.18 Å². The standard InChI is InChI=1S/C21H18F3N3O8S/c22-21(23,24)36(29,30)35-17-15(26-27-25)20(34-18(28)12-7-3-1-4-8-12)32-14-11-31-19(33-16(14)17)13-9-5-2-6-10-13/h1-10,14-17,19-20H,11H2/t14-,15-,16-,17-,19?,20+/m1/s1. The zero-order valence-corrected chi connectivity index (χ0v) is 18.9. The summed E-state index contributed by atoms with van der Waals surface area (Å²) in [6, 6.07) is 13.9. The first kappa shape index (κ1) is 25.9. The van der Waals surface area contributed by atoms with E-state index in [0.29, 0.717) is 5.56 Å². The molecule has 0 N–H and O–H groups in total. The van der Waals surface area contributed by atoms with Crippen molar-refractivity contribution in [1.29, 1.82) is 0 Å². The van der Waals surface area contributed by atoms with Gasteiger partial charge in [-0.1, -0.05) is 53.6 Å². The van der Waals surface area contributed by atoms with E-state index in [9.17, 15) is 26.4 Å². The third kappa shape index (κ3) is 5.46. The van der Waals surface area contributed by atoms with Gasteiger partial charge in [0, 0.05) is 10.5 Å². The topological polar surface area (TPSA) is 146 Å². The van der Waals surface area contributed by atoms with E-state index in [0.717, 1.165) is 0 Å². The number of alkyl halides is 3. The van der Waals surface area contributed by atoms with Crippen molar-refractivity contribution in [3.05, 3.63) is 82.2 Å². The molecule has 4 rings (SSSR count). The van der Waals surface area contributed by atoms with Crippen LogP contribution in [0.25, 0.3) is 10.4 Å². The average molecular weight is 529 g/mol. The number of fused-ring (bicyclic) bond motifs is 1. The maximum Gasteiger partial charge on any atom is 0.523 e. The van der Waals surface area contributed by atoms with Gasteiger partial charge in [-0.25, -0.2) is 4.79 Å². The first-order chi connectivity index (χ1) is 17.1. The second-order valence-electron chi connectivity index (χ2n) is 7.65. The molecule has 0 spiro atoms. The van der Waals surface area contributed by atoms with E-state index in [1.165, 1.54) is 24.3 Å². The molecule has 1 unspecified atom stereocenters. The Morgan fingerprint density at radius 1 is 1.06 bits per heavy atom. The van der Waals surface area contributed by atoms with Gasteiger partial charge >= 0.3 is 21.6 Å². The highest BCUT2D eigenvalue weighted by Crippen LogP contribution is 2.39. The summed E-state index contributed by atoms with van der Waals surface area (Å²) in [6.45, 7) is -0.293. The molecule has 2 heterocycles. The van der Waals surface area contributed by atoms with Crippen LogP contribution in [0.2, 0.25) is 0 Å². The summed E-state index contributed by atoms with van der Waals surface area (Å²) in [4.78, 5) is 15.1. The largest absolute Gasteiger partial charge is 0.523 e. The minimum atomic E-state index is -6.19. The van der Waals surface area contributed by atoms with Crippen LogP contribution in [0, 0.1) is 0 Å². The van der Waals surface area contributed by atoms with E-state index in [1.54, 1.807) is 36.4 Å². The van der Waals surface area contributed by atoms with Gasteiger partial charge in [0.25, 0.3) is 0 Å². The number of hydrogen-bond donors (Lipinski definition) is 0. The molecule has 0 radical (unpaired) electrons. The monoisotopic (exact) mass is 529 g/mol. The number of ether oxygens (including phenoxy) is 4. The summed E-state index contributed by atoms with van der Waals surface area (Å²) in [5.74, 6) is -0.963. The maximum atomic E-state index is 13.2. The molecule has 2 aromatic carbocycles. The lowest BCUT2D eigenvalue weighted by Gasteiger charge is -2.47. The first-order valence-corrected chi connectivity index (χ1v) is 11.8. The molecule has 2 saturated heterocycles. The molecule has 192 valence electrons. The van der Waals surface area contributed by atoms with E-state index in [1.807, 2.05) is 0 Å². The number of carbonyl (C=O) groups excluding carboxylic acids is 1. The highest BCUT2D eigenvalue weighted by atomic mass is 32.2. The van der Waals surface area contributed by atoms with Crippen LogP contribution in [0.3, 0.4) is 0 Å². The van der Waals surface area contributed by atoms with Gasteiger partial charge in [-0.2, -0.15) is 21.6 Å². The number of halogens is 3. The number of benzene rings is 2. The number of hydrogen-bond acceptors (Lipinski definition) is 9. The van der Waals surface area contributed by atoms with E-state index in [-0.39, 0.29) is 12.2 Å². The SMILES string of the molecule is [N-]=[N+]=N[C@H]1[C@H](OC(=O)c2ccccc2)O[C@@H]2COC(c3ccccc3)O[C@H]2[C@@H]1OS(=O)(=O)C(F)(F)F. The number of esters is 1. The summed E-state index contributed by atoms with van der Waals surface area (Å²) in [6.07, 6.45) is -7.76. The van der Waals surface area contributed by atoms with Crippen LogP contribution < -0.4 is 0 Å². The molecule has 2 aliphatic heterocycles. The van der Waals surface area contributed by atoms with Crippen molar-refractivity contribution in [3.63, 3.8) is 0 Å². The number of nitrogens with zero attached hydrogens (tertiary/aromatic N) is 3. The van der Waals surface area contributed by atoms with Gasteiger partial charge in [-0.05, 0) is 17.7 Å². The molecular formula is C21H18F3N3O8S. The van der Waals surface area contributed by atoms with Crippen LogP contribution in [0.4, 0.5) is 13.2 Å². The van der Waals surface area contributed by atoms with E-state index < -0.39 is 58.5 Å². The van der Waals surface area contributed by atoms with Crippen molar-refractivity contribution in [2.75, 3.05) is 6.61 Å². The summed E-state index contributed by atoms with van der Waals surface area (Å²) < 4.78 is 90.2. The molecule has 2 fully saturated rings. The normalized spacial score (nSPS) is 28.4. The van der Waals surface area contributed by atoms with Crippen LogP contribution in [0.5, 0.6) is 0 Å². The minimum absolute atomic E-state index is 0.0589. The number of carbonyl (C=O) groups is 1. The second-order valence-corrected chi connectivity index (χ2v) is 9.21. The third-order valence-corrected chi connectivity index (χ3v) is 6.36. The molecule has 2 aromatic rings. The van der Waals surface area contributed by atoms with Crippen molar-refractivity contribution < 1.29 is 49.5 Å². The fraction of sp³-hybridized carbons (Fsp3) is 0.381. The lowest BCUT2D eigenvalue weighted by atomic mass is 9.96. The van der Waals surface area contributed by atoms with Crippen molar-refractivity contribution in [2.45, 2.75) is 42.4 Å². The average Bonchev–Trinajstić information content (AvgIpc) is 2.86. The molecule has 2 aliphatic rings. The Morgan fingerprint density at radius 3 is 2.31 bits per heavy atom. The number of azide groups is 1. The molecule has 0 aromatic heterocycles. The highest BCUT2D eigenvalue weighted by molar-refractivity contribution is 7.87. The van der Waals surface area contributed by atoms with Crippen LogP contribution in [-0.4, -0.2) is 57.1 Å². The van der Waals surface area contributed by atoms with Gasteiger partial charge in [-0.15, -0.1) is 0 Å². The molecule has 0 aliphatic carbocycles. The summed E-state index contributed by atoms with van der Waals surface area (Å²) in [5.41, 5.74) is 3.81. The van der Waals surface area contributed by atoms with Crippen LogP contribution >= 0.6 is 0 Å². The van der Waals surface area contributed by atoms with Crippen LogP contribution in [0.15, 0.2) is 65.8 Å². The first-order valence-electron chi connectivity index (χ1n) is 10.4. The molecule has 11 nitrogen and oxygen atoms in total. The predicted molar refractivity (Wildman–Crippen MR) is 113 cm³/mol. The molecule has 0 bridgehead atoms. The zero-order chi connectivity index (χ0) is 25.9. The third-order valence-electron chi connectivity index (χ3n) is 5.32. The van der Waals surface area contributed by atoms with E-state index >= 15 is 0 Å². The van der Waals surface area contributed by atoms with Crippen molar-refractivity contribution in [1.82, 2.24) is 0 Å². The second kappa shape index (κ2) is 10.4. The Bertz CT molecular complexity index is 1230. The Labute approximate surface area is 202 Å². The Hall–Kier alpha value is -3.20. The van der Waals surface area contributed by atoms with Gasteiger partial charge in [0.15, 0.2) is 6.29 Å². The van der Waals surface area contributed by atoms with Gasteiger partial charge < -0.3 is 18.9 Å². The Morgan fingerprint density at radius 2 is 1.69 bits per heavy atom. The fourth-order valence-corrected chi connectivity index (χ4v) is 4.30. The fourth-order valence-electron chi connectivity index (χ4n) is 3.68. The molecule has 0 amide bonds. The molecular weight excluding hydrogens is 511 g/mol. The Balaban J connectivity index is 1.68. The molecule has 6 atom stereocenters. The smallest absolute Gasteiger partial charge is 0.432 e. The van der Waals surface area contributed by atoms with Crippen LogP contribution in [-0.2, 0) is 33.2 Å². The van der Waals surface area contributed by atoms with Crippen molar-refractivity contribution in [3.8, 4) is 0 Å². The highest BCUT2D eigenvalue weighted by Gasteiger charge is 2.57. The summed E-state index contributed by atoms with van der Waals surface area (Å²) >= 11 is 0. The van der Waals surface area contributed by atoms with Gasteiger partial charge in [0.1, 0.15) is 24.4 Å². The van der Waals surface area contributed by atoms with E-state index in [4.69, 9.17) is 24.5 Å². The van der Waals surface area contributed by atoms with Crippen molar-refractivity contribution in [2.24, 2.45) is 5.11 Å². The summed E-state index contributed by atoms with van der Waals surface area (Å²) in [5, 5.41) is 3.35. The van der Waals surface area contributed by atoms with Crippen molar-refractivity contribution >= 4 is 16.1 Å². The minimum Gasteiger partial charge on any atom is -0.432 e. The molecule has 0 saturated carbocycles. The Kier molecular flexibility index (Phi) is 7.49. The number of rotatable bonds is 6. The predicted octanol–water partition coefficient (Wildman–Crippen LogP) is 3.60.